The molecule has 0 saturated carbocycles. The maximum atomic E-state index is 12.1. The molecule has 0 radical (unpaired) electrons. The van der Waals surface area contributed by atoms with Crippen LogP contribution in [0.4, 0.5) is 5.82 Å². The van der Waals surface area contributed by atoms with Gasteiger partial charge in [-0.3, -0.25) is 4.79 Å². The Morgan fingerprint density at radius 1 is 1.58 bits per heavy atom. The lowest BCUT2D eigenvalue weighted by Crippen LogP contribution is -2.41. The Morgan fingerprint density at radius 3 is 2.79 bits per heavy atom. The molecule has 0 fully saturated rings. The Bertz CT molecular complexity index is 422. The smallest absolute Gasteiger partial charge is 0.251 e. The van der Waals surface area contributed by atoms with Gasteiger partial charge in [-0.05, 0) is 25.3 Å². The van der Waals surface area contributed by atoms with Gasteiger partial charge in [0.1, 0.15) is 5.82 Å². The second kappa shape index (κ2) is 7.35. The zero-order valence-corrected chi connectivity index (χ0v) is 12.6. The number of rotatable bonds is 6. The minimum Gasteiger partial charge on any atom is -0.395 e. The van der Waals surface area contributed by atoms with Crippen LogP contribution in [0.15, 0.2) is 18.3 Å². The third-order valence-electron chi connectivity index (χ3n) is 2.87. The maximum absolute atomic E-state index is 12.1. The lowest BCUT2D eigenvalue weighted by Gasteiger charge is -2.21. The van der Waals surface area contributed by atoms with Gasteiger partial charge in [0.05, 0.1) is 6.61 Å². The van der Waals surface area contributed by atoms with Crippen LogP contribution in [0.3, 0.4) is 0 Å². The van der Waals surface area contributed by atoms with Gasteiger partial charge in [-0.15, -0.1) is 0 Å². The first-order chi connectivity index (χ1) is 8.99. The minimum absolute atomic E-state index is 0.000827. The highest BCUT2D eigenvalue weighted by Gasteiger charge is 2.18. The zero-order chi connectivity index (χ0) is 14.4. The lowest BCUT2D eigenvalue weighted by molar-refractivity contribution is 0.0936. The molecule has 1 heterocycles. The van der Waals surface area contributed by atoms with E-state index in [4.69, 9.17) is 0 Å². The molecular weight excluding hydrogens is 262 g/mol. The maximum Gasteiger partial charge on any atom is 0.251 e. The molecule has 106 valence electrons. The van der Waals surface area contributed by atoms with Crippen molar-refractivity contribution >= 4 is 23.5 Å². The van der Waals surface area contributed by atoms with Gasteiger partial charge in [0.25, 0.3) is 5.91 Å². The number of aromatic nitrogens is 1. The Labute approximate surface area is 118 Å². The summed E-state index contributed by atoms with van der Waals surface area (Å²) in [6.45, 7) is 1.94. The van der Waals surface area contributed by atoms with E-state index in [2.05, 4.69) is 10.3 Å². The van der Waals surface area contributed by atoms with Crippen molar-refractivity contribution in [1.82, 2.24) is 10.3 Å². The van der Waals surface area contributed by atoms with Crippen LogP contribution in [0.25, 0.3) is 0 Å². The molecule has 2 N–H and O–H groups in total. The predicted octanol–water partition coefficient (Wildman–Crippen LogP) is 0.990. The van der Waals surface area contributed by atoms with Crippen LogP contribution in [0.1, 0.15) is 17.3 Å². The van der Waals surface area contributed by atoms with Gasteiger partial charge in [0, 0.05) is 37.1 Å². The number of anilines is 1. The quantitative estimate of drug-likeness (QED) is 0.815. The number of pyridine rings is 1. The van der Waals surface area contributed by atoms with Gasteiger partial charge in [0.2, 0.25) is 0 Å². The first-order valence-electron chi connectivity index (χ1n) is 6.07. The van der Waals surface area contributed by atoms with Crippen molar-refractivity contribution in [1.29, 1.82) is 0 Å². The summed E-state index contributed by atoms with van der Waals surface area (Å²) in [6.07, 6.45) is 3.53. The van der Waals surface area contributed by atoms with E-state index in [9.17, 15) is 9.90 Å². The van der Waals surface area contributed by atoms with Crippen molar-refractivity contribution in [3.05, 3.63) is 23.9 Å². The normalized spacial score (nSPS) is 13.7. The Hall–Kier alpha value is -1.27. The second-order valence-electron chi connectivity index (χ2n) is 4.52. The number of hydrogen-bond donors (Lipinski definition) is 2. The molecule has 1 aromatic heterocycles. The van der Waals surface area contributed by atoms with Gasteiger partial charge < -0.3 is 15.3 Å². The topological polar surface area (TPSA) is 65.5 Å². The fourth-order valence-electron chi connectivity index (χ4n) is 1.62. The van der Waals surface area contributed by atoms with Gasteiger partial charge in [-0.1, -0.05) is 0 Å². The van der Waals surface area contributed by atoms with E-state index in [0.717, 1.165) is 5.82 Å². The van der Waals surface area contributed by atoms with Crippen molar-refractivity contribution < 1.29 is 9.90 Å². The molecule has 2 unspecified atom stereocenters. The molecule has 0 saturated heterocycles. The molecule has 0 aliphatic rings. The van der Waals surface area contributed by atoms with E-state index in [1.54, 1.807) is 18.3 Å². The molecule has 1 amide bonds. The van der Waals surface area contributed by atoms with Crippen LogP contribution in [0, 0.1) is 0 Å². The van der Waals surface area contributed by atoms with E-state index in [1.807, 2.05) is 32.2 Å². The van der Waals surface area contributed by atoms with Crippen molar-refractivity contribution in [2.24, 2.45) is 0 Å². The molecule has 0 spiro atoms. The molecule has 2 atom stereocenters. The van der Waals surface area contributed by atoms with E-state index >= 15 is 0 Å². The van der Waals surface area contributed by atoms with Crippen molar-refractivity contribution in [3.8, 4) is 0 Å². The number of hydrogen-bond acceptors (Lipinski definition) is 5. The van der Waals surface area contributed by atoms with E-state index in [-0.39, 0.29) is 23.8 Å². The van der Waals surface area contributed by atoms with Gasteiger partial charge in [-0.25, -0.2) is 4.98 Å². The average Bonchev–Trinajstić information content (AvgIpc) is 2.40. The molecule has 5 nitrogen and oxygen atoms in total. The molecular formula is C13H21N3O2S. The summed E-state index contributed by atoms with van der Waals surface area (Å²) in [5.41, 5.74) is 0.573. The van der Waals surface area contributed by atoms with E-state index in [1.165, 1.54) is 11.8 Å². The number of carbonyl (C=O) groups is 1. The number of aliphatic hydroxyl groups is 1. The summed E-state index contributed by atoms with van der Waals surface area (Å²) in [5.74, 6) is 0.592. The highest BCUT2D eigenvalue weighted by atomic mass is 32.2. The summed E-state index contributed by atoms with van der Waals surface area (Å²) >= 11 is 1.54. The Kier molecular flexibility index (Phi) is 6.11. The van der Waals surface area contributed by atoms with Crippen molar-refractivity contribution in [2.75, 3.05) is 31.9 Å². The first-order valence-corrected chi connectivity index (χ1v) is 7.36. The number of thioether (sulfide) groups is 1. The van der Waals surface area contributed by atoms with Gasteiger partial charge in [0.15, 0.2) is 0 Å². The van der Waals surface area contributed by atoms with Crippen LogP contribution < -0.4 is 10.2 Å². The summed E-state index contributed by atoms with van der Waals surface area (Å²) in [7, 11) is 3.75. The minimum atomic E-state index is -0.148. The molecule has 19 heavy (non-hydrogen) atoms. The summed E-state index contributed by atoms with van der Waals surface area (Å²) in [6, 6.07) is 3.33. The molecule has 6 heteroatoms. The van der Waals surface area contributed by atoms with Crippen LogP contribution in [0.2, 0.25) is 0 Å². The SMILES string of the molecule is CSC(CO)C(C)NC(=O)c1ccnc(N(C)C)c1. The summed E-state index contributed by atoms with van der Waals surface area (Å²) in [4.78, 5) is 18.1. The highest BCUT2D eigenvalue weighted by molar-refractivity contribution is 7.99. The average molecular weight is 283 g/mol. The largest absolute Gasteiger partial charge is 0.395 e. The fourth-order valence-corrected chi connectivity index (χ4v) is 2.25. The van der Waals surface area contributed by atoms with Crippen LogP contribution >= 0.6 is 11.8 Å². The number of nitrogens with zero attached hydrogens (tertiary/aromatic N) is 2. The monoisotopic (exact) mass is 283 g/mol. The molecule has 0 bridgehead atoms. The second-order valence-corrected chi connectivity index (χ2v) is 5.59. The van der Waals surface area contributed by atoms with Crippen molar-refractivity contribution in [2.45, 2.75) is 18.2 Å². The molecule has 0 aliphatic heterocycles. The van der Waals surface area contributed by atoms with Crippen LogP contribution in [-0.4, -0.2) is 54.2 Å². The number of amides is 1. The molecule has 0 aromatic carbocycles. The summed E-state index contributed by atoms with van der Waals surface area (Å²) < 4.78 is 0. The Balaban J connectivity index is 2.75. The van der Waals surface area contributed by atoms with Gasteiger partial charge >= 0.3 is 0 Å². The fraction of sp³-hybridized carbons (Fsp3) is 0.538. The standard InChI is InChI=1S/C13H21N3O2S/c1-9(11(8-17)19-4)15-13(18)10-5-6-14-12(7-10)16(2)3/h5-7,9,11,17H,8H2,1-4H3,(H,15,18). The van der Waals surface area contributed by atoms with Crippen LogP contribution in [-0.2, 0) is 0 Å². The summed E-state index contributed by atoms with van der Waals surface area (Å²) in [5, 5.41) is 12.1. The lowest BCUT2D eigenvalue weighted by atomic mass is 10.2. The number of nitrogens with one attached hydrogen (secondary N) is 1. The number of carbonyl (C=O) groups excluding carboxylic acids is 1. The third kappa shape index (κ3) is 4.40. The molecule has 0 aliphatic carbocycles. The van der Waals surface area contributed by atoms with Crippen molar-refractivity contribution in [3.63, 3.8) is 0 Å². The predicted molar refractivity (Wildman–Crippen MR) is 79.9 cm³/mol. The Morgan fingerprint density at radius 2 is 2.26 bits per heavy atom. The number of aliphatic hydroxyl groups excluding tert-OH is 1. The zero-order valence-electron chi connectivity index (χ0n) is 11.8. The molecule has 1 rings (SSSR count). The third-order valence-corrected chi connectivity index (χ3v) is 4.03. The van der Waals surface area contributed by atoms with Gasteiger partial charge in [-0.2, -0.15) is 11.8 Å². The first kappa shape index (κ1) is 15.8. The van der Waals surface area contributed by atoms with Crippen LogP contribution in [0.5, 0.6) is 0 Å². The highest BCUT2D eigenvalue weighted by Crippen LogP contribution is 2.13. The van der Waals surface area contributed by atoms with E-state index < -0.39 is 0 Å². The molecule has 1 aromatic rings. The van der Waals surface area contributed by atoms with E-state index in [0.29, 0.717) is 5.56 Å².